The van der Waals surface area contributed by atoms with Crippen LogP contribution in [0.2, 0.25) is 0 Å². The smallest absolute Gasteiger partial charge is 0.242 e. The SMILES string of the molecule is CCCCNC(=O)[C@@H](C)N(CCc1ccccc1)C(=O)CCCN(c1ccc(C)cc1)S(C)(=O)=O. The standard InChI is InChI=1S/C27H39N3O4S/c1-5-6-19-28-27(32)23(3)29(21-18-24-11-8-7-9-12-24)26(31)13-10-20-30(35(4,33)34)25-16-14-22(2)15-17-25/h7-9,11-12,14-17,23H,5-6,10,13,18-21H2,1-4H3,(H,28,32)/t23-/m1/s1. The minimum absolute atomic E-state index is 0.152. The normalized spacial score (nSPS) is 12.1. The Kier molecular flexibility index (Phi) is 11.2. The van der Waals surface area contributed by atoms with E-state index in [1.807, 2.05) is 49.4 Å². The zero-order chi connectivity index (χ0) is 25.8. The number of anilines is 1. The Bertz CT molecular complexity index is 1040. The Hall–Kier alpha value is -2.87. The first-order chi connectivity index (χ1) is 16.6. The van der Waals surface area contributed by atoms with Gasteiger partial charge in [0, 0.05) is 26.1 Å². The van der Waals surface area contributed by atoms with E-state index in [-0.39, 0.29) is 24.8 Å². The van der Waals surface area contributed by atoms with Crippen LogP contribution in [0.1, 0.15) is 50.7 Å². The molecule has 0 saturated carbocycles. The van der Waals surface area contributed by atoms with E-state index >= 15 is 0 Å². The molecule has 0 unspecified atom stereocenters. The Labute approximate surface area is 210 Å². The molecule has 192 valence electrons. The predicted octanol–water partition coefficient (Wildman–Crippen LogP) is 3.92. The molecule has 0 spiro atoms. The van der Waals surface area contributed by atoms with Crippen molar-refractivity contribution in [2.24, 2.45) is 0 Å². The van der Waals surface area contributed by atoms with Crippen LogP contribution in [0.25, 0.3) is 0 Å². The van der Waals surface area contributed by atoms with Crippen LogP contribution in [-0.4, -0.2) is 57.1 Å². The van der Waals surface area contributed by atoms with E-state index in [2.05, 4.69) is 12.2 Å². The second kappa shape index (κ2) is 13.9. The number of carbonyl (C=O) groups is 2. The highest BCUT2D eigenvalue weighted by atomic mass is 32.2. The lowest BCUT2D eigenvalue weighted by atomic mass is 10.1. The molecular formula is C27H39N3O4S. The maximum absolute atomic E-state index is 13.2. The van der Waals surface area contributed by atoms with Crippen molar-refractivity contribution in [1.82, 2.24) is 10.2 Å². The van der Waals surface area contributed by atoms with Crippen molar-refractivity contribution in [2.45, 2.75) is 58.9 Å². The van der Waals surface area contributed by atoms with Crippen molar-refractivity contribution < 1.29 is 18.0 Å². The lowest BCUT2D eigenvalue weighted by Crippen LogP contribution is -2.49. The van der Waals surface area contributed by atoms with Gasteiger partial charge in [-0.2, -0.15) is 0 Å². The molecule has 1 N–H and O–H groups in total. The highest BCUT2D eigenvalue weighted by Gasteiger charge is 2.26. The number of rotatable bonds is 14. The number of sulfonamides is 1. The summed E-state index contributed by atoms with van der Waals surface area (Å²) in [5, 5.41) is 2.92. The molecule has 1 atom stereocenters. The van der Waals surface area contributed by atoms with Crippen molar-refractivity contribution in [3.63, 3.8) is 0 Å². The first kappa shape index (κ1) is 28.4. The second-order valence-electron chi connectivity index (χ2n) is 8.92. The van der Waals surface area contributed by atoms with Crippen LogP contribution >= 0.6 is 0 Å². The molecule has 2 rings (SSSR count). The van der Waals surface area contributed by atoms with E-state index in [0.717, 1.165) is 24.0 Å². The van der Waals surface area contributed by atoms with Gasteiger partial charge in [-0.15, -0.1) is 0 Å². The quantitative estimate of drug-likeness (QED) is 0.398. The zero-order valence-electron chi connectivity index (χ0n) is 21.4. The summed E-state index contributed by atoms with van der Waals surface area (Å²) in [6, 6.07) is 16.5. The van der Waals surface area contributed by atoms with Gasteiger partial charge < -0.3 is 10.2 Å². The molecule has 7 nitrogen and oxygen atoms in total. The summed E-state index contributed by atoms with van der Waals surface area (Å²) < 4.78 is 26.1. The minimum Gasteiger partial charge on any atom is -0.354 e. The molecule has 0 bridgehead atoms. The van der Waals surface area contributed by atoms with Crippen molar-refractivity contribution in [1.29, 1.82) is 0 Å². The summed E-state index contributed by atoms with van der Waals surface area (Å²) in [5.41, 5.74) is 2.71. The van der Waals surface area contributed by atoms with Gasteiger partial charge in [0.25, 0.3) is 0 Å². The third kappa shape index (κ3) is 9.36. The van der Waals surface area contributed by atoms with Crippen LogP contribution < -0.4 is 9.62 Å². The van der Waals surface area contributed by atoms with Gasteiger partial charge in [-0.05, 0) is 50.8 Å². The molecule has 2 aromatic carbocycles. The van der Waals surface area contributed by atoms with Gasteiger partial charge in [-0.1, -0.05) is 61.4 Å². The average Bonchev–Trinajstić information content (AvgIpc) is 2.82. The molecule has 0 fully saturated rings. The number of carbonyl (C=O) groups excluding carboxylic acids is 2. The lowest BCUT2D eigenvalue weighted by molar-refractivity contribution is -0.139. The Morgan fingerprint density at radius 2 is 1.63 bits per heavy atom. The van der Waals surface area contributed by atoms with E-state index in [1.165, 1.54) is 10.6 Å². The van der Waals surface area contributed by atoms with Crippen molar-refractivity contribution in [3.05, 3.63) is 65.7 Å². The van der Waals surface area contributed by atoms with Gasteiger partial charge in [-0.3, -0.25) is 13.9 Å². The van der Waals surface area contributed by atoms with Crippen LogP contribution in [0.3, 0.4) is 0 Å². The summed E-state index contributed by atoms with van der Waals surface area (Å²) in [6.45, 7) is 6.94. The molecule has 0 aliphatic rings. The van der Waals surface area contributed by atoms with E-state index < -0.39 is 16.1 Å². The number of aryl methyl sites for hydroxylation is 1. The lowest BCUT2D eigenvalue weighted by Gasteiger charge is -2.29. The van der Waals surface area contributed by atoms with Gasteiger partial charge in [-0.25, -0.2) is 8.42 Å². The van der Waals surface area contributed by atoms with E-state index in [9.17, 15) is 18.0 Å². The first-order valence-electron chi connectivity index (χ1n) is 12.3. The largest absolute Gasteiger partial charge is 0.354 e. The van der Waals surface area contributed by atoms with Crippen molar-refractivity contribution in [3.8, 4) is 0 Å². The van der Waals surface area contributed by atoms with Gasteiger partial charge >= 0.3 is 0 Å². The summed E-state index contributed by atoms with van der Waals surface area (Å²) in [7, 11) is -3.49. The average molecular weight is 502 g/mol. The first-order valence-corrected chi connectivity index (χ1v) is 14.1. The fraction of sp³-hybridized carbons (Fsp3) is 0.481. The van der Waals surface area contributed by atoms with Crippen LogP contribution in [0.5, 0.6) is 0 Å². The highest BCUT2D eigenvalue weighted by Crippen LogP contribution is 2.19. The summed E-state index contributed by atoms with van der Waals surface area (Å²) in [6.07, 6.45) is 4.17. The van der Waals surface area contributed by atoms with Crippen molar-refractivity contribution >= 4 is 27.5 Å². The predicted molar refractivity (Wildman–Crippen MR) is 142 cm³/mol. The Morgan fingerprint density at radius 3 is 2.23 bits per heavy atom. The fourth-order valence-electron chi connectivity index (χ4n) is 3.82. The fourth-order valence-corrected chi connectivity index (χ4v) is 4.79. The molecule has 0 aliphatic heterocycles. The number of nitrogens with zero attached hydrogens (tertiary/aromatic N) is 2. The minimum atomic E-state index is -3.49. The van der Waals surface area contributed by atoms with Gasteiger partial charge in [0.15, 0.2) is 0 Å². The molecule has 2 aromatic rings. The summed E-state index contributed by atoms with van der Waals surface area (Å²) in [4.78, 5) is 27.6. The van der Waals surface area contributed by atoms with Gasteiger partial charge in [0.1, 0.15) is 6.04 Å². The number of hydrogen-bond donors (Lipinski definition) is 1. The number of unbranched alkanes of at least 4 members (excludes halogenated alkanes) is 1. The van der Waals surface area contributed by atoms with Crippen LogP contribution in [0.15, 0.2) is 54.6 Å². The van der Waals surface area contributed by atoms with Gasteiger partial charge in [0.2, 0.25) is 21.8 Å². The zero-order valence-corrected chi connectivity index (χ0v) is 22.2. The third-order valence-corrected chi connectivity index (χ3v) is 7.15. The molecular weight excluding hydrogens is 462 g/mol. The van der Waals surface area contributed by atoms with Crippen LogP contribution in [0, 0.1) is 6.92 Å². The second-order valence-corrected chi connectivity index (χ2v) is 10.8. The summed E-state index contributed by atoms with van der Waals surface area (Å²) >= 11 is 0. The maximum atomic E-state index is 13.2. The number of hydrogen-bond acceptors (Lipinski definition) is 4. The van der Waals surface area contributed by atoms with E-state index in [0.29, 0.717) is 31.6 Å². The molecule has 0 radical (unpaired) electrons. The summed E-state index contributed by atoms with van der Waals surface area (Å²) in [5.74, 6) is -0.325. The number of benzene rings is 2. The van der Waals surface area contributed by atoms with Crippen LogP contribution in [0.4, 0.5) is 5.69 Å². The molecule has 0 aliphatic carbocycles. The molecule has 0 saturated heterocycles. The van der Waals surface area contributed by atoms with Crippen LogP contribution in [-0.2, 0) is 26.0 Å². The third-order valence-electron chi connectivity index (χ3n) is 5.96. The highest BCUT2D eigenvalue weighted by molar-refractivity contribution is 7.92. The molecule has 0 aromatic heterocycles. The Balaban J connectivity index is 2.07. The Morgan fingerprint density at radius 1 is 0.971 bits per heavy atom. The molecule has 35 heavy (non-hydrogen) atoms. The molecule has 2 amide bonds. The van der Waals surface area contributed by atoms with Crippen molar-refractivity contribution in [2.75, 3.05) is 30.2 Å². The topological polar surface area (TPSA) is 86.8 Å². The number of nitrogens with one attached hydrogen (secondary N) is 1. The molecule has 0 heterocycles. The number of amides is 2. The maximum Gasteiger partial charge on any atom is 0.242 e. The van der Waals surface area contributed by atoms with E-state index in [4.69, 9.17) is 0 Å². The van der Waals surface area contributed by atoms with Gasteiger partial charge in [0.05, 0.1) is 11.9 Å². The van der Waals surface area contributed by atoms with E-state index in [1.54, 1.807) is 24.0 Å². The monoisotopic (exact) mass is 501 g/mol. The molecule has 8 heteroatoms.